The van der Waals surface area contributed by atoms with Crippen LogP contribution in [0.1, 0.15) is 48.5 Å². The van der Waals surface area contributed by atoms with Crippen molar-refractivity contribution in [2.45, 2.75) is 58.5 Å². The van der Waals surface area contributed by atoms with Gasteiger partial charge in [0.2, 0.25) is 5.91 Å². The molecule has 29 heavy (non-hydrogen) atoms. The molecule has 0 bridgehead atoms. The molecule has 3 heterocycles. The summed E-state index contributed by atoms with van der Waals surface area (Å²) in [7, 11) is 0. The second-order valence-electron chi connectivity index (χ2n) is 8.24. The van der Waals surface area contributed by atoms with Crippen molar-refractivity contribution in [2.24, 2.45) is 0 Å². The number of hydrogen-bond acceptors (Lipinski definition) is 4. The normalized spacial score (nSPS) is 17.8. The predicted octanol–water partition coefficient (Wildman–Crippen LogP) is 3.24. The number of carbonyl (C=O) groups excluding carboxylic acids is 1. The molecule has 156 valence electrons. The summed E-state index contributed by atoms with van der Waals surface area (Å²) < 4.78 is 2.32. The lowest BCUT2D eigenvalue weighted by atomic mass is 10.1. The molecule has 1 aromatic carbocycles. The highest BCUT2D eigenvalue weighted by atomic mass is 35.5. The molecule has 1 aromatic heterocycles. The van der Waals surface area contributed by atoms with Gasteiger partial charge in [0.1, 0.15) is 11.6 Å². The lowest BCUT2D eigenvalue weighted by Gasteiger charge is -2.34. The van der Waals surface area contributed by atoms with Crippen LogP contribution in [0.25, 0.3) is 0 Å². The minimum Gasteiger partial charge on any atom is -0.340 e. The summed E-state index contributed by atoms with van der Waals surface area (Å²) in [5.74, 6) is 2.46. The highest BCUT2D eigenvalue weighted by molar-refractivity contribution is 6.31. The third-order valence-corrected chi connectivity index (χ3v) is 6.55. The number of rotatable bonds is 5. The van der Waals surface area contributed by atoms with E-state index >= 15 is 0 Å². The fourth-order valence-electron chi connectivity index (χ4n) is 4.22. The first kappa shape index (κ1) is 20.4. The summed E-state index contributed by atoms with van der Waals surface area (Å²) in [6, 6.07) is 6.06. The molecule has 2 aliphatic rings. The summed E-state index contributed by atoms with van der Waals surface area (Å²) in [5.41, 5.74) is 2.20. The molecule has 7 heteroatoms. The number of amides is 1. The first-order valence-electron chi connectivity index (χ1n) is 10.8. The Morgan fingerprint density at radius 1 is 1.07 bits per heavy atom. The van der Waals surface area contributed by atoms with Crippen LogP contribution in [-0.4, -0.2) is 56.7 Å². The number of aromatic nitrogens is 3. The number of piperazine rings is 1. The number of benzene rings is 1. The van der Waals surface area contributed by atoms with Crippen LogP contribution >= 0.6 is 11.6 Å². The van der Waals surface area contributed by atoms with Gasteiger partial charge in [-0.05, 0) is 43.4 Å². The number of nitrogens with zero attached hydrogens (tertiary/aromatic N) is 5. The lowest BCUT2D eigenvalue weighted by Crippen LogP contribution is -2.48. The molecule has 0 N–H and O–H groups in total. The maximum atomic E-state index is 12.6. The van der Waals surface area contributed by atoms with Crippen molar-refractivity contribution in [2.75, 3.05) is 26.2 Å². The van der Waals surface area contributed by atoms with Gasteiger partial charge in [0.05, 0.1) is 6.54 Å². The molecule has 6 nitrogen and oxygen atoms in total. The number of aryl methyl sites for hydroxylation is 3. The molecular weight excluding hydrogens is 386 g/mol. The van der Waals surface area contributed by atoms with E-state index in [-0.39, 0.29) is 5.91 Å². The van der Waals surface area contributed by atoms with E-state index < -0.39 is 0 Å². The van der Waals surface area contributed by atoms with Gasteiger partial charge in [-0.2, -0.15) is 0 Å². The number of carbonyl (C=O) groups is 1. The summed E-state index contributed by atoms with van der Waals surface area (Å²) in [6.45, 7) is 7.22. The van der Waals surface area contributed by atoms with E-state index in [1.807, 2.05) is 24.0 Å². The van der Waals surface area contributed by atoms with Crippen LogP contribution in [0.3, 0.4) is 0 Å². The van der Waals surface area contributed by atoms with E-state index in [9.17, 15) is 4.79 Å². The quantitative estimate of drug-likeness (QED) is 0.752. The zero-order valence-electron chi connectivity index (χ0n) is 17.2. The van der Waals surface area contributed by atoms with Crippen LogP contribution in [0.15, 0.2) is 18.2 Å². The van der Waals surface area contributed by atoms with Gasteiger partial charge in [0.15, 0.2) is 0 Å². The summed E-state index contributed by atoms with van der Waals surface area (Å²) in [5, 5.41) is 9.62. The van der Waals surface area contributed by atoms with Crippen LogP contribution in [0.5, 0.6) is 0 Å². The molecule has 2 aromatic rings. The van der Waals surface area contributed by atoms with Gasteiger partial charge in [-0.25, -0.2) is 0 Å². The van der Waals surface area contributed by atoms with Crippen molar-refractivity contribution in [1.82, 2.24) is 24.6 Å². The molecule has 0 aliphatic carbocycles. The minimum atomic E-state index is 0.234. The molecule has 1 saturated heterocycles. The van der Waals surface area contributed by atoms with E-state index in [1.165, 1.54) is 19.3 Å². The van der Waals surface area contributed by atoms with Crippen LogP contribution in [0, 0.1) is 6.92 Å². The smallest absolute Gasteiger partial charge is 0.222 e. The number of hydrogen-bond donors (Lipinski definition) is 0. The van der Waals surface area contributed by atoms with Crippen molar-refractivity contribution in [3.8, 4) is 0 Å². The van der Waals surface area contributed by atoms with Gasteiger partial charge in [-0.15, -0.1) is 10.2 Å². The summed E-state index contributed by atoms with van der Waals surface area (Å²) in [6.07, 6.45) is 6.03. The molecule has 0 unspecified atom stereocenters. The average molecular weight is 416 g/mol. The molecule has 1 amide bonds. The van der Waals surface area contributed by atoms with Gasteiger partial charge >= 0.3 is 0 Å². The predicted molar refractivity (Wildman–Crippen MR) is 114 cm³/mol. The maximum absolute atomic E-state index is 12.6. The molecule has 0 atom stereocenters. The van der Waals surface area contributed by atoms with E-state index in [0.717, 1.165) is 79.9 Å². The fourth-order valence-corrected chi connectivity index (χ4v) is 4.42. The van der Waals surface area contributed by atoms with Crippen molar-refractivity contribution >= 4 is 17.5 Å². The summed E-state index contributed by atoms with van der Waals surface area (Å²) >= 11 is 6.19. The third kappa shape index (κ3) is 4.98. The van der Waals surface area contributed by atoms with Crippen molar-refractivity contribution in [1.29, 1.82) is 0 Å². The molecule has 1 fully saturated rings. The minimum absolute atomic E-state index is 0.234. The van der Waals surface area contributed by atoms with Crippen molar-refractivity contribution in [3.05, 3.63) is 46.0 Å². The van der Waals surface area contributed by atoms with Crippen LogP contribution in [0.2, 0.25) is 5.02 Å². The molecule has 4 rings (SSSR count). The Morgan fingerprint density at radius 3 is 2.69 bits per heavy atom. The van der Waals surface area contributed by atoms with Crippen LogP contribution in [0.4, 0.5) is 0 Å². The van der Waals surface area contributed by atoms with E-state index in [0.29, 0.717) is 6.42 Å². The number of halogens is 1. The molecule has 0 radical (unpaired) electrons. The van der Waals surface area contributed by atoms with Gasteiger partial charge in [-0.1, -0.05) is 30.2 Å². The lowest BCUT2D eigenvalue weighted by molar-refractivity contribution is -0.133. The topological polar surface area (TPSA) is 54.3 Å². The third-order valence-electron chi connectivity index (χ3n) is 6.14. The van der Waals surface area contributed by atoms with E-state index in [4.69, 9.17) is 11.6 Å². The maximum Gasteiger partial charge on any atom is 0.222 e. The van der Waals surface area contributed by atoms with Gasteiger partial charge in [0.25, 0.3) is 0 Å². The Balaban J connectivity index is 1.25. The Kier molecular flexibility index (Phi) is 6.50. The van der Waals surface area contributed by atoms with Crippen molar-refractivity contribution in [3.63, 3.8) is 0 Å². The summed E-state index contributed by atoms with van der Waals surface area (Å²) in [4.78, 5) is 17.0. The van der Waals surface area contributed by atoms with E-state index in [2.05, 4.69) is 25.7 Å². The second-order valence-corrected chi connectivity index (χ2v) is 8.64. The zero-order valence-corrected chi connectivity index (χ0v) is 18.0. The number of fused-ring (bicyclic) bond motifs is 1. The van der Waals surface area contributed by atoms with Gasteiger partial charge in [0, 0.05) is 50.6 Å². The Hall–Kier alpha value is -1.92. The average Bonchev–Trinajstić information content (AvgIpc) is 2.95. The molecule has 2 aliphatic heterocycles. The van der Waals surface area contributed by atoms with Crippen LogP contribution < -0.4 is 0 Å². The monoisotopic (exact) mass is 415 g/mol. The largest absolute Gasteiger partial charge is 0.340 e. The van der Waals surface area contributed by atoms with Crippen molar-refractivity contribution < 1.29 is 4.79 Å². The first-order valence-corrected chi connectivity index (χ1v) is 11.1. The van der Waals surface area contributed by atoms with Crippen LogP contribution in [-0.2, 0) is 30.7 Å². The van der Waals surface area contributed by atoms with Gasteiger partial charge < -0.3 is 9.47 Å². The first-order chi connectivity index (χ1) is 14.1. The zero-order chi connectivity index (χ0) is 20.2. The molecule has 0 saturated carbocycles. The SMILES string of the molecule is Cc1ccc(CCC(=O)N2CCN(Cc3nnc4n3CCCCC4)CC2)cc1Cl. The highest BCUT2D eigenvalue weighted by Crippen LogP contribution is 2.19. The Bertz CT molecular complexity index is 857. The molecular formula is C22H30ClN5O. The Morgan fingerprint density at radius 2 is 1.90 bits per heavy atom. The molecule has 0 spiro atoms. The Labute approximate surface area is 177 Å². The standard InChI is InChI=1S/C22H30ClN5O/c1-17-6-7-18(15-19(17)23)8-9-22(29)27-13-11-26(12-14-27)16-21-25-24-20-5-3-2-4-10-28(20)21/h6-7,15H,2-5,8-14,16H2,1H3. The second kappa shape index (κ2) is 9.26. The van der Waals surface area contributed by atoms with E-state index in [1.54, 1.807) is 0 Å². The highest BCUT2D eigenvalue weighted by Gasteiger charge is 2.23. The fraction of sp³-hybridized carbons (Fsp3) is 0.591. The van der Waals surface area contributed by atoms with Gasteiger partial charge in [-0.3, -0.25) is 9.69 Å².